The number of benzene rings is 1. The Hall–Kier alpha value is -1.77. The molecule has 2 rings (SSSR count). The first-order valence-electron chi connectivity index (χ1n) is 5.59. The minimum absolute atomic E-state index is 0.00630. The molecule has 0 amide bonds. The maximum atomic E-state index is 12.2. The van der Waals surface area contributed by atoms with E-state index in [4.69, 9.17) is 0 Å². The number of thiazole rings is 1. The van der Waals surface area contributed by atoms with Gasteiger partial charge in [0, 0.05) is 17.6 Å². The molecule has 0 radical (unpaired) electrons. The molecule has 8 heteroatoms. The zero-order chi connectivity index (χ0) is 14.6. The van der Waals surface area contributed by atoms with Crippen LogP contribution in [-0.2, 0) is 21.3 Å². The van der Waals surface area contributed by atoms with Crippen LogP contribution in [0, 0.1) is 0 Å². The number of hydrogen-bond acceptors (Lipinski definition) is 6. The summed E-state index contributed by atoms with van der Waals surface area (Å²) in [6, 6.07) is 5.90. The van der Waals surface area contributed by atoms with Crippen molar-refractivity contribution in [3.05, 3.63) is 46.4 Å². The number of sulfonamides is 1. The third-order valence-corrected chi connectivity index (χ3v) is 4.74. The van der Waals surface area contributed by atoms with E-state index in [1.54, 1.807) is 23.8 Å². The van der Waals surface area contributed by atoms with Crippen molar-refractivity contribution in [2.24, 2.45) is 0 Å². The Morgan fingerprint density at radius 2 is 2.15 bits per heavy atom. The van der Waals surface area contributed by atoms with Crippen LogP contribution in [0.3, 0.4) is 0 Å². The molecule has 0 aliphatic heterocycles. The maximum Gasteiger partial charge on any atom is 0.339 e. The quantitative estimate of drug-likeness (QED) is 0.844. The summed E-state index contributed by atoms with van der Waals surface area (Å²) in [5, 5.41) is 0. The van der Waals surface area contributed by atoms with Crippen molar-refractivity contribution in [2.75, 3.05) is 7.11 Å². The minimum atomic E-state index is -3.79. The lowest BCUT2D eigenvalue weighted by molar-refractivity contribution is 0.0596. The molecule has 0 unspecified atom stereocenters. The molecule has 0 saturated carbocycles. The summed E-state index contributed by atoms with van der Waals surface area (Å²) in [5.41, 5.74) is 1.62. The monoisotopic (exact) mass is 312 g/mol. The van der Waals surface area contributed by atoms with Crippen LogP contribution in [0.5, 0.6) is 0 Å². The maximum absolute atomic E-state index is 12.2. The lowest BCUT2D eigenvalue weighted by Crippen LogP contribution is -2.25. The second kappa shape index (κ2) is 6.12. The lowest BCUT2D eigenvalue weighted by Gasteiger charge is -2.09. The van der Waals surface area contributed by atoms with Crippen molar-refractivity contribution >= 4 is 27.3 Å². The van der Waals surface area contributed by atoms with Crippen molar-refractivity contribution in [3.8, 4) is 0 Å². The molecule has 106 valence electrons. The van der Waals surface area contributed by atoms with Gasteiger partial charge in [0.25, 0.3) is 0 Å². The van der Waals surface area contributed by atoms with Gasteiger partial charge in [-0.25, -0.2) is 17.9 Å². The van der Waals surface area contributed by atoms with Crippen LogP contribution in [0.4, 0.5) is 0 Å². The lowest BCUT2D eigenvalue weighted by atomic mass is 10.2. The van der Waals surface area contributed by atoms with Crippen molar-refractivity contribution in [1.82, 2.24) is 9.71 Å². The van der Waals surface area contributed by atoms with Gasteiger partial charge in [-0.05, 0) is 12.1 Å². The fourth-order valence-corrected chi connectivity index (χ4v) is 3.38. The highest BCUT2D eigenvalue weighted by Crippen LogP contribution is 2.17. The molecule has 0 aliphatic carbocycles. The molecule has 0 saturated heterocycles. The van der Waals surface area contributed by atoms with Crippen molar-refractivity contribution in [3.63, 3.8) is 0 Å². The zero-order valence-electron chi connectivity index (χ0n) is 10.6. The van der Waals surface area contributed by atoms with Gasteiger partial charge < -0.3 is 4.74 Å². The SMILES string of the molecule is COC(=O)c1ccccc1S(=O)(=O)NCc1cncs1. The average Bonchev–Trinajstić information content (AvgIpc) is 2.98. The first-order chi connectivity index (χ1) is 9.54. The molecule has 0 atom stereocenters. The number of hydrogen-bond donors (Lipinski definition) is 1. The van der Waals surface area contributed by atoms with Gasteiger partial charge in [-0.15, -0.1) is 11.3 Å². The van der Waals surface area contributed by atoms with Gasteiger partial charge in [-0.1, -0.05) is 12.1 Å². The Balaban J connectivity index is 2.27. The van der Waals surface area contributed by atoms with Gasteiger partial charge in [-0.2, -0.15) is 0 Å². The van der Waals surface area contributed by atoms with Crippen LogP contribution >= 0.6 is 11.3 Å². The average molecular weight is 312 g/mol. The third kappa shape index (κ3) is 3.21. The number of aromatic nitrogens is 1. The molecule has 20 heavy (non-hydrogen) atoms. The third-order valence-electron chi connectivity index (χ3n) is 2.50. The molecule has 0 aliphatic rings. The number of esters is 1. The standard InChI is InChI=1S/C12H12N2O4S2/c1-18-12(15)10-4-2-3-5-11(10)20(16,17)14-7-9-6-13-8-19-9/h2-6,8,14H,7H2,1H3. The second-order valence-corrected chi connectivity index (χ2v) is 6.49. The predicted octanol–water partition coefficient (Wildman–Crippen LogP) is 1.41. The summed E-state index contributed by atoms with van der Waals surface area (Å²) in [5.74, 6) is -0.691. The number of carbonyl (C=O) groups excluding carboxylic acids is 1. The van der Waals surface area contributed by atoms with Crippen LogP contribution < -0.4 is 4.72 Å². The highest BCUT2D eigenvalue weighted by molar-refractivity contribution is 7.89. The molecule has 1 N–H and O–H groups in total. The van der Waals surface area contributed by atoms with E-state index < -0.39 is 16.0 Å². The summed E-state index contributed by atoms with van der Waals surface area (Å²) < 4.78 is 31.5. The highest BCUT2D eigenvalue weighted by atomic mass is 32.2. The zero-order valence-corrected chi connectivity index (χ0v) is 12.2. The van der Waals surface area contributed by atoms with Gasteiger partial charge in [0.1, 0.15) is 0 Å². The number of methoxy groups -OCH3 is 1. The van der Waals surface area contributed by atoms with Crippen LogP contribution in [0.2, 0.25) is 0 Å². The Morgan fingerprint density at radius 3 is 2.80 bits per heavy atom. The van der Waals surface area contributed by atoms with Gasteiger partial charge in [0.15, 0.2) is 0 Å². The van der Waals surface area contributed by atoms with E-state index in [0.717, 1.165) is 4.88 Å². The van der Waals surface area contributed by atoms with Crippen molar-refractivity contribution in [1.29, 1.82) is 0 Å². The summed E-state index contributed by atoms with van der Waals surface area (Å²) in [4.78, 5) is 16.1. The number of nitrogens with zero attached hydrogens (tertiary/aromatic N) is 1. The molecule has 1 aromatic carbocycles. The molecule has 6 nitrogen and oxygen atoms in total. The first-order valence-corrected chi connectivity index (χ1v) is 7.95. The van der Waals surface area contributed by atoms with Gasteiger partial charge >= 0.3 is 5.97 Å². The normalized spacial score (nSPS) is 11.2. The fourth-order valence-electron chi connectivity index (χ4n) is 1.55. The molecule has 1 heterocycles. The fraction of sp³-hybridized carbons (Fsp3) is 0.167. The van der Waals surface area contributed by atoms with Crippen molar-refractivity contribution < 1.29 is 17.9 Å². The van der Waals surface area contributed by atoms with Crippen LogP contribution in [0.1, 0.15) is 15.2 Å². The molecular weight excluding hydrogens is 300 g/mol. The molecule has 0 bridgehead atoms. The second-order valence-electron chi connectivity index (χ2n) is 3.78. The summed E-state index contributed by atoms with van der Waals surface area (Å²) in [7, 11) is -2.59. The summed E-state index contributed by atoms with van der Waals surface area (Å²) in [6.45, 7) is 0.127. The summed E-state index contributed by atoms with van der Waals surface area (Å²) >= 11 is 1.34. The Bertz CT molecular complexity index is 696. The molecule has 1 aromatic heterocycles. The van der Waals surface area contributed by atoms with Gasteiger partial charge in [0.05, 0.1) is 23.1 Å². The smallest absolute Gasteiger partial charge is 0.339 e. The molecule has 0 fully saturated rings. The topological polar surface area (TPSA) is 85.4 Å². The number of nitrogens with one attached hydrogen (secondary N) is 1. The molecule has 0 spiro atoms. The first kappa shape index (κ1) is 14.6. The predicted molar refractivity (Wildman–Crippen MR) is 73.9 cm³/mol. The number of ether oxygens (including phenoxy) is 1. The van der Waals surface area contributed by atoms with Crippen LogP contribution in [0.25, 0.3) is 0 Å². The van der Waals surface area contributed by atoms with E-state index >= 15 is 0 Å². The Kier molecular flexibility index (Phi) is 4.48. The Morgan fingerprint density at radius 1 is 1.40 bits per heavy atom. The van der Waals surface area contributed by atoms with E-state index in [1.807, 2.05) is 0 Å². The van der Waals surface area contributed by atoms with Crippen LogP contribution in [0.15, 0.2) is 40.9 Å². The van der Waals surface area contributed by atoms with E-state index in [0.29, 0.717) is 0 Å². The molecular formula is C12H12N2O4S2. The van der Waals surface area contributed by atoms with Gasteiger partial charge in [-0.3, -0.25) is 4.98 Å². The van der Waals surface area contributed by atoms with E-state index in [9.17, 15) is 13.2 Å². The summed E-state index contributed by atoms with van der Waals surface area (Å²) in [6.07, 6.45) is 1.58. The number of carbonyl (C=O) groups is 1. The number of rotatable bonds is 5. The van der Waals surface area contributed by atoms with E-state index in [-0.39, 0.29) is 17.0 Å². The van der Waals surface area contributed by atoms with E-state index in [2.05, 4.69) is 14.4 Å². The van der Waals surface area contributed by atoms with Gasteiger partial charge in [0.2, 0.25) is 10.0 Å². The Labute approximate surface area is 120 Å². The highest BCUT2D eigenvalue weighted by Gasteiger charge is 2.22. The largest absolute Gasteiger partial charge is 0.465 e. The molecule has 2 aromatic rings. The minimum Gasteiger partial charge on any atom is -0.465 e. The van der Waals surface area contributed by atoms with E-state index in [1.165, 1.54) is 30.6 Å². The van der Waals surface area contributed by atoms with Crippen molar-refractivity contribution in [2.45, 2.75) is 11.4 Å². The van der Waals surface area contributed by atoms with Crippen LogP contribution in [-0.4, -0.2) is 26.5 Å².